The van der Waals surface area contributed by atoms with Crippen molar-refractivity contribution >= 4 is 5.65 Å². The lowest BCUT2D eigenvalue weighted by Gasteiger charge is -2.05. The van der Waals surface area contributed by atoms with E-state index in [9.17, 15) is 0 Å². The Morgan fingerprint density at radius 2 is 1.81 bits per heavy atom. The Labute approximate surface area is 179 Å². The molecule has 1 aliphatic rings. The summed E-state index contributed by atoms with van der Waals surface area (Å²) in [4.78, 5) is 0. The lowest BCUT2D eigenvalue weighted by Crippen LogP contribution is -2.02. The first-order valence-electron chi connectivity index (χ1n) is 10.4. The van der Waals surface area contributed by atoms with Crippen LogP contribution in [-0.4, -0.2) is 39.4 Å². The van der Waals surface area contributed by atoms with Crippen molar-refractivity contribution < 1.29 is 0 Å². The molecule has 0 radical (unpaired) electrons. The Bertz CT molecular complexity index is 1410. The van der Waals surface area contributed by atoms with Crippen molar-refractivity contribution in [1.29, 1.82) is 0 Å². The maximum Gasteiger partial charge on any atom is 0.185 e. The molecule has 0 aliphatic heterocycles. The third-order valence-electron chi connectivity index (χ3n) is 6.07. The van der Waals surface area contributed by atoms with Gasteiger partial charge in [-0.3, -0.25) is 9.36 Å². The van der Waals surface area contributed by atoms with Crippen molar-refractivity contribution in [2.45, 2.75) is 25.2 Å². The SMILES string of the molecule is Cc1cc(-c2cc(C3CC3c3cnn(C)c3)nn2C)nn2c(-c3ccccc3)nnc12. The second-order valence-corrected chi connectivity index (χ2v) is 8.31. The van der Waals surface area contributed by atoms with E-state index in [1.54, 1.807) is 0 Å². The molecule has 5 aromatic rings. The third-order valence-corrected chi connectivity index (χ3v) is 6.07. The topological polar surface area (TPSA) is 78.7 Å². The molecule has 4 aromatic heterocycles. The van der Waals surface area contributed by atoms with E-state index in [0.717, 1.165) is 46.1 Å². The highest BCUT2D eigenvalue weighted by Gasteiger charge is 2.42. The minimum absolute atomic E-state index is 0.434. The molecule has 0 bridgehead atoms. The molecule has 2 atom stereocenters. The lowest BCUT2D eigenvalue weighted by atomic mass is 10.1. The summed E-state index contributed by atoms with van der Waals surface area (Å²) in [6, 6.07) is 14.3. The molecule has 1 fully saturated rings. The van der Waals surface area contributed by atoms with Crippen LogP contribution < -0.4 is 0 Å². The minimum Gasteiger partial charge on any atom is -0.276 e. The van der Waals surface area contributed by atoms with Crippen molar-refractivity contribution in [2.75, 3.05) is 0 Å². The van der Waals surface area contributed by atoms with Crippen molar-refractivity contribution in [3.05, 3.63) is 71.7 Å². The van der Waals surface area contributed by atoms with Crippen LogP contribution >= 0.6 is 0 Å². The van der Waals surface area contributed by atoms with Crippen LogP contribution in [0.3, 0.4) is 0 Å². The Kier molecular flexibility index (Phi) is 3.83. The molecule has 8 nitrogen and oxygen atoms in total. The molecule has 0 saturated heterocycles. The monoisotopic (exact) mass is 410 g/mol. The van der Waals surface area contributed by atoms with Gasteiger partial charge in [0.25, 0.3) is 0 Å². The first-order chi connectivity index (χ1) is 15.1. The van der Waals surface area contributed by atoms with Gasteiger partial charge >= 0.3 is 0 Å². The predicted molar refractivity (Wildman–Crippen MR) is 116 cm³/mol. The van der Waals surface area contributed by atoms with Gasteiger partial charge in [0.1, 0.15) is 5.69 Å². The summed E-state index contributed by atoms with van der Waals surface area (Å²) in [7, 11) is 3.93. The Hall–Kier alpha value is -3.81. The van der Waals surface area contributed by atoms with Gasteiger partial charge < -0.3 is 0 Å². The lowest BCUT2D eigenvalue weighted by molar-refractivity contribution is 0.742. The van der Waals surface area contributed by atoms with Gasteiger partial charge in [0.05, 0.1) is 17.6 Å². The highest BCUT2D eigenvalue weighted by molar-refractivity contribution is 5.64. The molecule has 31 heavy (non-hydrogen) atoms. The summed E-state index contributed by atoms with van der Waals surface area (Å²) in [5.41, 5.74) is 7.03. The summed E-state index contributed by atoms with van der Waals surface area (Å²) < 4.78 is 5.62. The number of fused-ring (bicyclic) bond motifs is 1. The van der Waals surface area contributed by atoms with Crippen LogP contribution in [0.1, 0.15) is 35.1 Å². The maximum atomic E-state index is 4.89. The fourth-order valence-electron chi connectivity index (χ4n) is 4.35. The van der Waals surface area contributed by atoms with E-state index < -0.39 is 0 Å². The molecule has 2 unspecified atom stereocenters. The Morgan fingerprint density at radius 1 is 0.968 bits per heavy atom. The first-order valence-corrected chi connectivity index (χ1v) is 10.4. The quantitative estimate of drug-likeness (QED) is 0.453. The van der Waals surface area contributed by atoms with Gasteiger partial charge in [-0.05, 0) is 42.5 Å². The van der Waals surface area contributed by atoms with Crippen molar-refractivity contribution in [3.63, 3.8) is 0 Å². The fraction of sp³-hybridized carbons (Fsp3) is 0.261. The van der Waals surface area contributed by atoms with Gasteiger partial charge in [-0.2, -0.15) is 19.8 Å². The molecular formula is C23H22N8. The molecule has 8 heteroatoms. The Balaban J connectivity index is 1.39. The van der Waals surface area contributed by atoms with Gasteiger partial charge in [-0.1, -0.05) is 30.3 Å². The number of aromatic nitrogens is 8. The van der Waals surface area contributed by atoms with Crippen LogP contribution in [0.5, 0.6) is 0 Å². The normalized spacial score (nSPS) is 18.0. The number of nitrogens with zero attached hydrogens (tertiary/aromatic N) is 8. The molecule has 6 rings (SSSR count). The van der Waals surface area contributed by atoms with E-state index in [-0.39, 0.29) is 0 Å². The molecule has 0 spiro atoms. The van der Waals surface area contributed by atoms with E-state index in [1.807, 2.05) is 71.4 Å². The Morgan fingerprint density at radius 3 is 2.58 bits per heavy atom. The zero-order valence-electron chi connectivity index (χ0n) is 17.6. The molecule has 1 saturated carbocycles. The summed E-state index contributed by atoms with van der Waals surface area (Å²) in [5.74, 6) is 1.67. The predicted octanol–water partition coefficient (Wildman–Crippen LogP) is 3.50. The van der Waals surface area contributed by atoms with Crippen LogP contribution in [0.25, 0.3) is 28.4 Å². The van der Waals surface area contributed by atoms with Crippen LogP contribution in [0.2, 0.25) is 0 Å². The number of hydrogen-bond acceptors (Lipinski definition) is 5. The largest absolute Gasteiger partial charge is 0.276 e. The first kappa shape index (κ1) is 18.0. The molecule has 154 valence electrons. The second kappa shape index (κ2) is 6.60. The van der Waals surface area contributed by atoms with Gasteiger partial charge in [0.2, 0.25) is 0 Å². The van der Waals surface area contributed by atoms with Crippen LogP contribution in [0.15, 0.2) is 54.9 Å². The molecule has 1 aliphatic carbocycles. The fourth-order valence-corrected chi connectivity index (χ4v) is 4.35. The smallest absolute Gasteiger partial charge is 0.185 e. The van der Waals surface area contributed by atoms with Crippen LogP contribution in [0, 0.1) is 6.92 Å². The van der Waals surface area contributed by atoms with E-state index in [4.69, 9.17) is 10.2 Å². The summed E-state index contributed by atoms with van der Waals surface area (Å²) >= 11 is 0. The maximum absolute atomic E-state index is 4.89. The van der Waals surface area contributed by atoms with Crippen molar-refractivity contribution in [2.24, 2.45) is 14.1 Å². The number of rotatable bonds is 4. The molecule has 0 amide bonds. The number of aryl methyl sites for hydroxylation is 3. The van der Waals surface area contributed by atoms with Gasteiger partial charge in [0.15, 0.2) is 11.5 Å². The van der Waals surface area contributed by atoms with E-state index in [0.29, 0.717) is 11.8 Å². The average Bonchev–Trinajstić information content (AvgIpc) is 3.08. The zero-order valence-corrected chi connectivity index (χ0v) is 17.6. The van der Waals surface area contributed by atoms with Crippen LogP contribution in [0.4, 0.5) is 0 Å². The molecule has 1 aromatic carbocycles. The average molecular weight is 410 g/mol. The van der Waals surface area contributed by atoms with E-state index in [2.05, 4.69) is 33.6 Å². The van der Waals surface area contributed by atoms with E-state index >= 15 is 0 Å². The number of hydrogen-bond donors (Lipinski definition) is 0. The van der Waals surface area contributed by atoms with Crippen molar-refractivity contribution in [3.8, 4) is 22.8 Å². The second-order valence-electron chi connectivity index (χ2n) is 8.31. The highest BCUT2D eigenvalue weighted by Crippen LogP contribution is 2.54. The van der Waals surface area contributed by atoms with Gasteiger partial charge in [-0.15, -0.1) is 10.2 Å². The number of benzene rings is 1. The van der Waals surface area contributed by atoms with Crippen LogP contribution in [-0.2, 0) is 14.1 Å². The molecular weight excluding hydrogens is 388 g/mol. The molecule has 0 N–H and O–H groups in total. The molecule has 4 heterocycles. The van der Waals surface area contributed by atoms with Crippen molar-refractivity contribution in [1.82, 2.24) is 39.4 Å². The third kappa shape index (κ3) is 2.94. The zero-order chi connectivity index (χ0) is 21.1. The summed E-state index contributed by atoms with van der Waals surface area (Å²) in [5, 5.41) is 22.8. The minimum atomic E-state index is 0.434. The summed E-state index contributed by atoms with van der Waals surface area (Å²) in [6.45, 7) is 2.04. The standard InChI is InChI=1S/C23H22N8/c1-14-9-20(28-31-22(14)25-26-23(31)15-7-5-4-6-8-15)21-11-19(27-30(21)3)18-10-17(18)16-12-24-29(2)13-16/h4-9,11-13,17-18H,10H2,1-3H3. The van der Waals surface area contributed by atoms with E-state index in [1.165, 1.54) is 5.56 Å². The highest BCUT2D eigenvalue weighted by atomic mass is 15.4. The summed E-state index contributed by atoms with van der Waals surface area (Å²) in [6.07, 6.45) is 5.17. The van der Waals surface area contributed by atoms with Gasteiger partial charge in [0, 0.05) is 31.8 Å². The van der Waals surface area contributed by atoms with Gasteiger partial charge in [-0.25, -0.2) is 0 Å².